The lowest BCUT2D eigenvalue weighted by molar-refractivity contribution is 0.0786. The fourth-order valence-corrected chi connectivity index (χ4v) is 5.47. The Morgan fingerprint density at radius 2 is 1.73 bits per heavy atom. The van der Waals surface area contributed by atoms with Crippen molar-refractivity contribution in [1.82, 2.24) is 19.6 Å². The van der Waals surface area contributed by atoms with Crippen molar-refractivity contribution >= 4 is 21.4 Å². The molecule has 1 N–H and O–H groups in total. The molecular weight excluding hydrogens is 491 g/mol. The minimum atomic E-state index is -1.10. The summed E-state index contributed by atoms with van der Waals surface area (Å²) in [5.41, 5.74) is 3.02. The second-order valence-electron chi connectivity index (χ2n) is 9.83. The van der Waals surface area contributed by atoms with Crippen molar-refractivity contribution in [2.75, 3.05) is 0 Å². The number of hydrogen-bond donors (Lipinski definition) is 1. The maximum atomic E-state index is 14.0. The van der Waals surface area contributed by atoms with E-state index in [0.29, 0.717) is 39.1 Å². The van der Waals surface area contributed by atoms with Gasteiger partial charge >= 0.3 is 0 Å². The predicted octanol–water partition coefficient (Wildman–Crippen LogP) is 5.93. The SMILES string of the molecule is Cc1cn(-c2cc3c(=O)n(C)cc(-c4cc(C(C)(C)O)ccc4Oc4c(C)cc(F)cc4C)c3s2)nn1. The molecule has 0 saturated carbocycles. The average molecular weight is 519 g/mol. The summed E-state index contributed by atoms with van der Waals surface area (Å²) in [6.45, 7) is 8.88. The van der Waals surface area contributed by atoms with Crippen molar-refractivity contribution in [3.8, 4) is 27.6 Å². The average Bonchev–Trinajstić information content (AvgIpc) is 3.45. The maximum Gasteiger partial charge on any atom is 0.259 e. The van der Waals surface area contributed by atoms with E-state index in [0.717, 1.165) is 21.0 Å². The van der Waals surface area contributed by atoms with Gasteiger partial charge in [0, 0.05) is 24.4 Å². The third-order valence-corrected chi connectivity index (χ3v) is 7.44. The topological polar surface area (TPSA) is 82.2 Å². The molecule has 0 aliphatic carbocycles. The zero-order valence-corrected chi connectivity index (χ0v) is 22.3. The Morgan fingerprint density at radius 3 is 2.35 bits per heavy atom. The molecule has 9 heteroatoms. The van der Waals surface area contributed by atoms with Gasteiger partial charge in [0.15, 0.2) is 0 Å². The van der Waals surface area contributed by atoms with E-state index in [1.807, 2.05) is 25.1 Å². The lowest BCUT2D eigenvalue weighted by atomic mass is 9.93. The normalized spacial score (nSPS) is 11.9. The number of aromatic nitrogens is 4. The summed E-state index contributed by atoms with van der Waals surface area (Å²) >= 11 is 1.42. The van der Waals surface area contributed by atoms with E-state index in [2.05, 4.69) is 10.3 Å². The molecule has 3 aromatic heterocycles. The van der Waals surface area contributed by atoms with Gasteiger partial charge in [0.2, 0.25) is 0 Å². The van der Waals surface area contributed by atoms with E-state index in [1.165, 1.54) is 28.0 Å². The first-order valence-electron chi connectivity index (χ1n) is 11.8. The number of thiophene rings is 1. The van der Waals surface area contributed by atoms with Crippen LogP contribution in [-0.2, 0) is 12.6 Å². The van der Waals surface area contributed by atoms with Gasteiger partial charge in [0.25, 0.3) is 5.56 Å². The Kier molecular flexibility index (Phi) is 6.00. The quantitative estimate of drug-likeness (QED) is 0.312. The molecule has 0 radical (unpaired) electrons. The number of rotatable bonds is 5. The Bertz CT molecular complexity index is 1700. The molecule has 190 valence electrons. The van der Waals surface area contributed by atoms with Crippen LogP contribution in [0.4, 0.5) is 4.39 Å². The number of aryl methyl sites for hydroxylation is 4. The molecule has 0 fully saturated rings. The van der Waals surface area contributed by atoms with Gasteiger partial charge in [0.1, 0.15) is 22.3 Å². The number of halogens is 1. The third kappa shape index (κ3) is 4.56. The molecule has 0 unspecified atom stereocenters. The molecule has 0 atom stereocenters. The van der Waals surface area contributed by atoms with Gasteiger partial charge in [-0.3, -0.25) is 4.79 Å². The van der Waals surface area contributed by atoms with Crippen molar-refractivity contribution in [2.24, 2.45) is 7.05 Å². The molecule has 0 amide bonds. The van der Waals surface area contributed by atoms with Gasteiger partial charge in [-0.25, -0.2) is 9.07 Å². The van der Waals surface area contributed by atoms with E-state index in [4.69, 9.17) is 4.74 Å². The predicted molar refractivity (Wildman–Crippen MR) is 143 cm³/mol. The second kappa shape index (κ2) is 8.93. The van der Waals surface area contributed by atoms with Crippen molar-refractivity contribution in [1.29, 1.82) is 0 Å². The fourth-order valence-electron chi connectivity index (χ4n) is 4.38. The van der Waals surface area contributed by atoms with E-state index in [1.54, 1.807) is 57.9 Å². The van der Waals surface area contributed by atoms with Crippen molar-refractivity contribution in [3.63, 3.8) is 0 Å². The molecule has 2 aromatic carbocycles. The van der Waals surface area contributed by atoms with Crippen LogP contribution in [-0.4, -0.2) is 24.7 Å². The molecule has 5 rings (SSSR count). The Balaban J connectivity index is 1.77. The van der Waals surface area contributed by atoms with Crippen LogP contribution in [0.2, 0.25) is 0 Å². The van der Waals surface area contributed by atoms with E-state index >= 15 is 0 Å². The fraction of sp³-hybridized carbons (Fsp3) is 0.250. The van der Waals surface area contributed by atoms with Crippen LogP contribution in [0.25, 0.3) is 26.2 Å². The molecule has 0 spiro atoms. The van der Waals surface area contributed by atoms with Gasteiger partial charge < -0.3 is 14.4 Å². The molecule has 37 heavy (non-hydrogen) atoms. The molecule has 0 aliphatic heterocycles. The molecule has 0 saturated heterocycles. The Hall–Kier alpha value is -3.82. The van der Waals surface area contributed by atoms with Crippen LogP contribution in [0, 0.1) is 26.6 Å². The van der Waals surface area contributed by atoms with Gasteiger partial charge in [-0.05, 0) is 81.6 Å². The highest BCUT2D eigenvalue weighted by atomic mass is 32.1. The molecule has 7 nitrogen and oxygen atoms in total. The molecule has 3 heterocycles. The summed E-state index contributed by atoms with van der Waals surface area (Å²) in [5, 5.41) is 20.3. The largest absolute Gasteiger partial charge is 0.456 e. The number of aliphatic hydroxyl groups is 1. The first kappa shape index (κ1) is 24.9. The number of benzene rings is 2. The van der Waals surface area contributed by atoms with Gasteiger partial charge in [-0.15, -0.1) is 16.4 Å². The highest BCUT2D eigenvalue weighted by Gasteiger charge is 2.23. The number of hydrogen-bond acceptors (Lipinski definition) is 6. The van der Waals surface area contributed by atoms with E-state index < -0.39 is 5.60 Å². The van der Waals surface area contributed by atoms with Gasteiger partial charge in [-0.2, -0.15) is 0 Å². The summed E-state index contributed by atoms with van der Waals surface area (Å²) in [6, 6.07) is 10.2. The van der Waals surface area contributed by atoms with Crippen LogP contribution in [0.5, 0.6) is 11.5 Å². The van der Waals surface area contributed by atoms with Crippen LogP contribution in [0.15, 0.2) is 53.6 Å². The van der Waals surface area contributed by atoms with Gasteiger partial charge in [0.05, 0.1) is 27.6 Å². The lowest BCUT2D eigenvalue weighted by Gasteiger charge is -2.22. The molecule has 5 aromatic rings. The van der Waals surface area contributed by atoms with Gasteiger partial charge in [-0.1, -0.05) is 11.3 Å². The Labute approximate surface area is 217 Å². The minimum Gasteiger partial charge on any atom is -0.456 e. The monoisotopic (exact) mass is 518 g/mol. The molecule has 0 bridgehead atoms. The Morgan fingerprint density at radius 1 is 1.03 bits per heavy atom. The highest BCUT2D eigenvalue weighted by Crippen LogP contribution is 2.42. The standard InChI is InChI=1S/C28H27FN4O3S/c1-15-9-19(29)10-16(2)25(15)36-23-8-7-18(28(4,5)35)11-20(23)22-14-32(6)27(34)21-12-24(37-26(21)22)33-13-17(3)30-31-33/h7-14,35H,1-6H3. The zero-order chi connectivity index (χ0) is 26.6. The summed E-state index contributed by atoms with van der Waals surface area (Å²) in [7, 11) is 1.71. The zero-order valence-electron chi connectivity index (χ0n) is 21.5. The minimum absolute atomic E-state index is 0.135. The summed E-state index contributed by atoms with van der Waals surface area (Å²) < 4.78 is 24.3. The number of fused-ring (bicyclic) bond motifs is 1. The van der Waals surface area contributed by atoms with Crippen LogP contribution < -0.4 is 10.3 Å². The smallest absolute Gasteiger partial charge is 0.259 e. The lowest BCUT2D eigenvalue weighted by Crippen LogP contribution is -2.17. The second-order valence-corrected chi connectivity index (χ2v) is 10.9. The van der Waals surface area contributed by atoms with Crippen molar-refractivity contribution < 1.29 is 14.2 Å². The van der Waals surface area contributed by atoms with Crippen molar-refractivity contribution in [2.45, 2.75) is 40.2 Å². The molecular formula is C28H27FN4O3S. The van der Waals surface area contributed by atoms with Crippen LogP contribution in [0.1, 0.15) is 36.2 Å². The van der Waals surface area contributed by atoms with E-state index in [-0.39, 0.29) is 11.4 Å². The maximum absolute atomic E-state index is 14.0. The van der Waals surface area contributed by atoms with Crippen molar-refractivity contribution in [3.05, 3.63) is 87.3 Å². The summed E-state index contributed by atoms with van der Waals surface area (Å²) in [6.07, 6.45) is 3.58. The van der Waals surface area contributed by atoms with Crippen LogP contribution in [0.3, 0.4) is 0 Å². The number of pyridine rings is 1. The third-order valence-electron chi connectivity index (χ3n) is 6.28. The van der Waals surface area contributed by atoms with Crippen LogP contribution >= 0.6 is 11.3 Å². The number of nitrogens with zero attached hydrogens (tertiary/aromatic N) is 4. The first-order valence-corrected chi connectivity index (χ1v) is 12.6. The first-order chi connectivity index (χ1) is 17.4. The molecule has 0 aliphatic rings. The summed E-state index contributed by atoms with van der Waals surface area (Å²) in [5.74, 6) is 0.760. The summed E-state index contributed by atoms with van der Waals surface area (Å²) in [4.78, 5) is 13.1. The van der Waals surface area contributed by atoms with E-state index in [9.17, 15) is 14.3 Å². The highest BCUT2D eigenvalue weighted by molar-refractivity contribution is 7.21. The number of ether oxygens (including phenoxy) is 1.